The largest absolute Gasteiger partial charge is 0.364 e. The number of hydrogen-bond donors (Lipinski definition) is 2. The summed E-state index contributed by atoms with van der Waals surface area (Å²) in [5.41, 5.74) is 0.232. The average Bonchev–Trinajstić information content (AvgIpc) is 3.00. The summed E-state index contributed by atoms with van der Waals surface area (Å²) >= 11 is 0. The van der Waals surface area contributed by atoms with Gasteiger partial charge in [0, 0.05) is 19.6 Å². The number of H-pyrrole nitrogens is 1. The Bertz CT molecular complexity index is 597. The highest BCUT2D eigenvalue weighted by Gasteiger charge is 2.17. The highest BCUT2D eigenvalue weighted by molar-refractivity contribution is 5.44. The molecule has 2 aromatic heterocycles. The second kappa shape index (κ2) is 4.41. The lowest BCUT2D eigenvalue weighted by Gasteiger charge is -2.21. The molecule has 1 aliphatic rings. The molecule has 18 heavy (non-hydrogen) atoms. The van der Waals surface area contributed by atoms with E-state index in [1.54, 1.807) is 6.07 Å². The SMILES string of the molecule is CN(CC1CCCN1)c1ccc2n[nH]c(=O)n2n1. The Kier molecular flexibility index (Phi) is 2.75. The fourth-order valence-electron chi connectivity index (χ4n) is 2.33. The molecule has 0 spiro atoms. The third-order valence-electron chi connectivity index (χ3n) is 3.31. The van der Waals surface area contributed by atoms with Crippen LogP contribution in [0.5, 0.6) is 0 Å². The van der Waals surface area contributed by atoms with Gasteiger partial charge in [-0.2, -0.15) is 9.61 Å². The number of likely N-dealkylation sites (N-methyl/N-ethyl adjacent to an activating group) is 1. The van der Waals surface area contributed by atoms with Crippen molar-refractivity contribution in [2.75, 3.05) is 25.0 Å². The van der Waals surface area contributed by atoms with Gasteiger partial charge < -0.3 is 10.2 Å². The molecule has 1 saturated heterocycles. The molecule has 3 heterocycles. The van der Waals surface area contributed by atoms with Crippen molar-refractivity contribution in [1.82, 2.24) is 25.1 Å². The minimum atomic E-state index is -0.306. The molecule has 7 heteroatoms. The van der Waals surface area contributed by atoms with Crippen LogP contribution >= 0.6 is 0 Å². The van der Waals surface area contributed by atoms with E-state index in [0.717, 1.165) is 18.9 Å². The fraction of sp³-hybridized carbons (Fsp3) is 0.545. The lowest BCUT2D eigenvalue weighted by Crippen LogP contribution is -2.36. The molecule has 2 N–H and O–H groups in total. The first-order valence-corrected chi connectivity index (χ1v) is 6.13. The molecule has 0 saturated carbocycles. The van der Waals surface area contributed by atoms with Crippen molar-refractivity contribution in [2.45, 2.75) is 18.9 Å². The Balaban J connectivity index is 1.83. The zero-order valence-corrected chi connectivity index (χ0v) is 10.3. The van der Waals surface area contributed by atoms with E-state index in [-0.39, 0.29) is 5.69 Å². The molecule has 2 aromatic rings. The van der Waals surface area contributed by atoms with Gasteiger partial charge in [0.15, 0.2) is 5.65 Å². The third-order valence-corrected chi connectivity index (χ3v) is 3.31. The van der Waals surface area contributed by atoms with Crippen LogP contribution in [-0.4, -0.2) is 46.0 Å². The van der Waals surface area contributed by atoms with Gasteiger partial charge in [0.1, 0.15) is 5.82 Å². The van der Waals surface area contributed by atoms with Gasteiger partial charge in [-0.3, -0.25) is 0 Å². The van der Waals surface area contributed by atoms with E-state index in [1.165, 1.54) is 17.4 Å². The van der Waals surface area contributed by atoms with Crippen molar-refractivity contribution in [3.63, 3.8) is 0 Å². The molecule has 0 radical (unpaired) electrons. The molecule has 7 nitrogen and oxygen atoms in total. The third kappa shape index (κ3) is 1.97. The number of nitrogens with one attached hydrogen (secondary N) is 2. The van der Waals surface area contributed by atoms with Crippen LogP contribution in [0.4, 0.5) is 5.82 Å². The Labute approximate surface area is 104 Å². The first kappa shape index (κ1) is 11.2. The molecule has 0 aromatic carbocycles. The van der Waals surface area contributed by atoms with Gasteiger partial charge >= 0.3 is 5.69 Å². The number of aromatic nitrogens is 4. The molecule has 96 valence electrons. The van der Waals surface area contributed by atoms with Gasteiger partial charge in [0.05, 0.1) is 0 Å². The van der Waals surface area contributed by atoms with Crippen molar-refractivity contribution in [1.29, 1.82) is 0 Å². The fourth-order valence-corrected chi connectivity index (χ4v) is 2.33. The van der Waals surface area contributed by atoms with Gasteiger partial charge in [-0.1, -0.05) is 0 Å². The monoisotopic (exact) mass is 248 g/mol. The quantitative estimate of drug-likeness (QED) is 0.773. The summed E-state index contributed by atoms with van der Waals surface area (Å²) in [6.45, 7) is 1.98. The summed E-state index contributed by atoms with van der Waals surface area (Å²) in [5, 5.41) is 14.0. The molecule has 0 bridgehead atoms. The first-order valence-electron chi connectivity index (χ1n) is 6.13. The van der Waals surface area contributed by atoms with E-state index < -0.39 is 0 Å². The van der Waals surface area contributed by atoms with E-state index in [9.17, 15) is 4.79 Å². The van der Waals surface area contributed by atoms with Gasteiger partial charge in [-0.15, -0.1) is 5.10 Å². The topological polar surface area (TPSA) is 78.3 Å². The average molecular weight is 248 g/mol. The molecule has 3 rings (SSSR count). The maximum Gasteiger partial charge on any atom is 0.364 e. The summed E-state index contributed by atoms with van der Waals surface area (Å²) in [6, 6.07) is 4.18. The maximum absolute atomic E-state index is 11.4. The standard InChI is InChI=1S/C11H16N6O/c1-16(7-8-3-2-6-12-8)10-5-4-9-13-14-11(18)17(9)15-10/h4-5,8,12H,2-3,6-7H2,1H3,(H,14,18). The normalized spacial score (nSPS) is 19.5. The summed E-state index contributed by atoms with van der Waals surface area (Å²) in [5.74, 6) is 0.778. The van der Waals surface area contributed by atoms with Gasteiger partial charge in [0.2, 0.25) is 0 Å². The van der Waals surface area contributed by atoms with Crippen LogP contribution in [0.3, 0.4) is 0 Å². The van der Waals surface area contributed by atoms with Crippen molar-refractivity contribution in [3.8, 4) is 0 Å². The molecule has 1 atom stereocenters. The number of nitrogens with zero attached hydrogens (tertiary/aromatic N) is 4. The minimum absolute atomic E-state index is 0.306. The molecule has 1 unspecified atom stereocenters. The molecular formula is C11H16N6O. The van der Waals surface area contributed by atoms with Crippen LogP contribution in [0.25, 0.3) is 5.65 Å². The maximum atomic E-state index is 11.4. The summed E-state index contributed by atoms with van der Waals surface area (Å²) in [4.78, 5) is 13.5. The van der Waals surface area contributed by atoms with Crippen molar-refractivity contribution in [3.05, 3.63) is 22.6 Å². The lowest BCUT2D eigenvalue weighted by molar-refractivity contribution is 0.595. The van der Waals surface area contributed by atoms with E-state index in [0.29, 0.717) is 11.7 Å². The van der Waals surface area contributed by atoms with E-state index in [4.69, 9.17) is 0 Å². The number of anilines is 1. The number of aromatic amines is 1. The number of fused-ring (bicyclic) bond motifs is 1. The lowest BCUT2D eigenvalue weighted by atomic mass is 10.2. The minimum Gasteiger partial charge on any atom is -0.357 e. The number of hydrogen-bond acceptors (Lipinski definition) is 5. The van der Waals surface area contributed by atoms with Crippen LogP contribution in [0, 0.1) is 0 Å². The summed E-state index contributed by atoms with van der Waals surface area (Å²) in [6.07, 6.45) is 2.42. The zero-order valence-electron chi connectivity index (χ0n) is 10.3. The van der Waals surface area contributed by atoms with E-state index >= 15 is 0 Å². The zero-order chi connectivity index (χ0) is 12.5. The Morgan fingerprint density at radius 3 is 3.22 bits per heavy atom. The highest BCUT2D eigenvalue weighted by Crippen LogP contribution is 2.12. The van der Waals surface area contributed by atoms with Crippen LogP contribution in [0.15, 0.2) is 16.9 Å². The smallest absolute Gasteiger partial charge is 0.357 e. The Morgan fingerprint density at radius 2 is 2.44 bits per heavy atom. The second-order valence-corrected chi connectivity index (χ2v) is 4.66. The van der Waals surface area contributed by atoms with Crippen molar-refractivity contribution >= 4 is 11.5 Å². The summed E-state index contributed by atoms with van der Waals surface area (Å²) in [7, 11) is 1.99. The van der Waals surface area contributed by atoms with Gasteiger partial charge in [-0.05, 0) is 31.5 Å². The summed E-state index contributed by atoms with van der Waals surface area (Å²) < 4.78 is 1.29. The predicted octanol–water partition coefficient (Wildman–Crippen LogP) is -0.394. The van der Waals surface area contributed by atoms with Crippen LogP contribution in [0.1, 0.15) is 12.8 Å². The van der Waals surface area contributed by atoms with Crippen LogP contribution in [-0.2, 0) is 0 Å². The molecular weight excluding hydrogens is 232 g/mol. The highest BCUT2D eigenvalue weighted by atomic mass is 16.2. The van der Waals surface area contributed by atoms with Crippen molar-refractivity contribution in [2.24, 2.45) is 0 Å². The van der Waals surface area contributed by atoms with Crippen LogP contribution < -0.4 is 15.9 Å². The van der Waals surface area contributed by atoms with Crippen molar-refractivity contribution < 1.29 is 0 Å². The Morgan fingerprint density at radius 1 is 1.56 bits per heavy atom. The number of rotatable bonds is 3. The molecule has 1 fully saturated rings. The van der Waals surface area contributed by atoms with Gasteiger partial charge in [-0.25, -0.2) is 9.89 Å². The molecule has 1 aliphatic heterocycles. The van der Waals surface area contributed by atoms with E-state index in [1.807, 2.05) is 13.1 Å². The Hall–Kier alpha value is -1.89. The first-order chi connectivity index (χ1) is 8.74. The second-order valence-electron chi connectivity index (χ2n) is 4.66. The predicted molar refractivity (Wildman–Crippen MR) is 67.9 cm³/mol. The molecule has 0 amide bonds. The van der Waals surface area contributed by atoms with E-state index in [2.05, 4.69) is 25.5 Å². The molecule has 0 aliphatic carbocycles. The van der Waals surface area contributed by atoms with Gasteiger partial charge in [0.25, 0.3) is 0 Å². The van der Waals surface area contributed by atoms with Crippen LogP contribution in [0.2, 0.25) is 0 Å².